The lowest BCUT2D eigenvalue weighted by Crippen LogP contribution is -2.54. The summed E-state index contributed by atoms with van der Waals surface area (Å²) in [7, 11) is 0. The molecule has 0 saturated carbocycles. The van der Waals surface area contributed by atoms with E-state index in [2.05, 4.69) is 26.7 Å². The van der Waals surface area contributed by atoms with E-state index in [0.717, 1.165) is 17.0 Å². The molecule has 2 aliphatic heterocycles. The Kier molecular flexibility index (Phi) is 10.7. The van der Waals surface area contributed by atoms with Gasteiger partial charge in [0.1, 0.15) is 11.9 Å². The summed E-state index contributed by atoms with van der Waals surface area (Å²) in [5.41, 5.74) is 1.96. The average Bonchev–Trinajstić information content (AvgIpc) is 3.29. The van der Waals surface area contributed by atoms with Gasteiger partial charge in [0.05, 0.1) is 34.7 Å². The normalized spacial score (nSPS) is 15.8. The molecular formula is C31H28F3IN6O6. The van der Waals surface area contributed by atoms with Crippen LogP contribution in [0.1, 0.15) is 50.3 Å². The van der Waals surface area contributed by atoms with Crippen LogP contribution in [0.2, 0.25) is 0 Å². The smallest absolute Gasteiger partial charge is 0.277 e. The summed E-state index contributed by atoms with van der Waals surface area (Å²) in [4.78, 5) is 68.7. The van der Waals surface area contributed by atoms with Gasteiger partial charge < -0.3 is 16.0 Å². The molecule has 1 unspecified atom stereocenters. The molecule has 3 aromatic rings. The van der Waals surface area contributed by atoms with E-state index in [4.69, 9.17) is 4.84 Å². The standard InChI is InChI=1S/C31H28F3IN6O6/c32-19-7-6-18(27(26(19)34)38-21-8-5-16(35)15-20(21)33)28(43)40-47-14-2-11-36-12-13-37-22-4-1-3-17-25(22)31(46)41(30(17)45)23-9-10-24(42)39-29(23)44/h1,3-8,15,23,36-38H,2,9-14H2,(H,40,43)(H,39,42,44). The van der Waals surface area contributed by atoms with Crippen molar-refractivity contribution < 1.29 is 42.0 Å². The van der Waals surface area contributed by atoms with Crippen molar-refractivity contribution >= 4 is 69.2 Å². The lowest BCUT2D eigenvalue weighted by Gasteiger charge is -2.27. The predicted octanol–water partition coefficient (Wildman–Crippen LogP) is 3.61. The highest BCUT2D eigenvalue weighted by Gasteiger charge is 2.45. The number of nitrogens with zero attached hydrogens (tertiary/aromatic N) is 1. The van der Waals surface area contributed by atoms with Crippen LogP contribution in [-0.2, 0) is 14.4 Å². The molecule has 1 saturated heterocycles. The van der Waals surface area contributed by atoms with Crippen molar-refractivity contribution in [3.63, 3.8) is 0 Å². The predicted molar refractivity (Wildman–Crippen MR) is 171 cm³/mol. The number of carbonyl (C=O) groups is 5. The molecule has 0 aliphatic carbocycles. The number of halogens is 4. The maximum absolute atomic E-state index is 14.6. The van der Waals surface area contributed by atoms with Gasteiger partial charge in [0, 0.05) is 28.8 Å². The summed E-state index contributed by atoms with van der Waals surface area (Å²) in [6.45, 7) is 1.37. The number of hydroxylamine groups is 1. The zero-order chi connectivity index (χ0) is 33.7. The molecule has 2 aliphatic rings. The Morgan fingerprint density at radius 3 is 2.53 bits per heavy atom. The van der Waals surface area contributed by atoms with Gasteiger partial charge in [-0.25, -0.2) is 18.7 Å². The second-order valence-electron chi connectivity index (χ2n) is 10.5. The van der Waals surface area contributed by atoms with E-state index in [1.165, 1.54) is 18.2 Å². The van der Waals surface area contributed by atoms with Crippen molar-refractivity contribution in [2.75, 3.05) is 36.9 Å². The summed E-state index contributed by atoms with van der Waals surface area (Å²) in [6, 6.07) is 9.66. The zero-order valence-electron chi connectivity index (χ0n) is 24.6. The van der Waals surface area contributed by atoms with Gasteiger partial charge in [0.2, 0.25) is 11.8 Å². The van der Waals surface area contributed by atoms with Gasteiger partial charge in [0.15, 0.2) is 11.6 Å². The third kappa shape index (κ3) is 7.55. The van der Waals surface area contributed by atoms with Crippen LogP contribution in [0.5, 0.6) is 0 Å². The number of nitrogens with one attached hydrogen (secondary N) is 5. The largest absolute Gasteiger partial charge is 0.383 e. The first-order valence-electron chi connectivity index (χ1n) is 14.5. The van der Waals surface area contributed by atoms with Gasteiger partial charge in [0.25, 0.3) is 17.7 Å². The molecule has 246 valence electrons. The van der Waals surface area contributed by atoms with Crippen molar-refractivity contribution in [2.45, 2.75) is 25.3 Å². The first kappa shape index (κ1) is 33.8. The molecule has 2 heterocycles. The van der Waals surface area contributed by atoms with Crippen LogP contribution in [0.15, 0.2) is 48.5 Å². The van der Waals surface area contributed by atoms with Crippen molar-refractivity contribution in [3.8, 4) is 0 Å². The fourth-order valence-corrected chi connectivity index (χ4v) is 5.55. The van der Waals surface area contributed by atoms with Crippen LogP contribution in [0, 0.1) is 21.0 Å². The fraction of sp³-hybridized carbons (Fsp3) is 0.258. The highest BCUT2D eigenvalue weighted by Crippen LogP contribution is 2.32. The molecule has 5 N–H and O–H groups in total. The van der Waals surface area contributed by atoms with E-state index in [1.807, 2.05) is 22.6 Å². The molecule has 5 amide bonds. The number of hydrogen-bond acceptors (Lipinski definition) is 9. The summed E-state index contributed by atoms with van der Waals surface area (Å²) < 4.78 is 43.4. The topological polar surface area (TPSA) is 158 Å². The van der Waals surface area contributed by atoms with Crippen LogP contribution >= 0.6 is 22.6 Å². The average molecular weight is 764 g/mol. The molecule has 0 spiro atoms. The SMILES string of the molecule is O=C1CCC(N2C(=O)c3cccc(NCCNCCCONC(=O)c4ccc(F)c(F)c4Nc4ccc(I)cc4F)c3C2=O)C(=O)N1. The van der Waals surface area contributed by atoms with Crippen molar-refractivity contribution in [1.29, 1.82) is 0 Å². The number of piperidine rings is 1. The molecule has 47 heavy (non-hydrogen) atoms. The van der Waals surface area contributed by atoms with Gasteiger partial charge in [-0.2, -0.15) is 0 Å². The van der Waals surface area contributed by atoms with Crippen LogP contribution in [0.3, 0.4) is 0 Å². The van der Waals surface area contributed by atoms with Crippen LogP contribution in [0.25, 0.3) is 0 Å². The van der Waals surface area contributed by atoms with Crippen LogP contribution < -0.4 is 26.7 Å². The fourth-order valence-electron chi connectivity index (χ4n) is 5.10. The maximum Gasteiger partial charge on any atom is 0.277 e. The first-order chi connectivity index (χ1) is 22.6. The van der Waals surface area contributed by atoms with Crippen molar-refractivity contribution in [3.05, 3.63) is 86.2 Å². The Bertz CT molecular complexity index is 1760. The quantitative estimate of drug-likeness (QED) is 0.0760. The molecule has 0 bridgehead atoms. The molecule has 1 atom stereocenters. The minimum Gasteiger partial charge on any atom is -0.383 e. The number of imide groups is 2. The number of rotatable bonds is 13. The molecule has 0 radical (unpaired) electrons. The monoisotopic (exact) mass is 764 g/mol. The highest BCUT2D eigenvalue weighted by atomic mass is 127. The van der Waals surface area contributed by atoms with E-state index in [-0.39, 0.29) is 41.8 Å². The third-order valence-electron chi connectivity index (χ3n) is 7.38. The number of amides is 5. The Morgan fingerprint density at radius 2 is 1.77 bits per heavy atom. The summed E-state index contributed by atoms with van der Waals surface area (Å²) >= 11 is 1.90. The van der Waals surface area contributed by atoms with Crippen LogP contribution in [0.4, 0.5) is 30.2 Å². The summed E-state index contributed by atoms with van der Waals surface area (Å²) in [6.07, 6.45) is 0.543. The van der Waals surface area contributed by atoms with Gasteiger partial charge in [-0.3, -0.25) is 39.0 Å². The molecular weight excluding hydrogens is 736 g/mol. The van der Waals surface area contributed by atoms with Gasteiger partial charge in [-0.15, -0.1) is 0 Å². The Labute approximate surface area is 279 Å². The summed E-state index contributed by atoms with van der Waals surface area (Å²) in [5.74, 6) is -6.48. The number of fused-ring (bicyclic) bond motifs is 1. The zero-order valence-corrected chi connectivity index (χ0v) is 26.7. The number of carbonyl (C=O) groups excluding carboxylic acids is 5. The minimum absolute atomic E-state index is 0.0291. The molecule has 1 fully saturated rings. The lowest BCUT2D eigenvalue weighted by molar-refractivity contribution is -0.136. The van der Waals surface area contributed by atoms with Crippen molar-refractivity contribution in [2.24, 2.45) is 0 Å². The highest BCUT2D eigenvalue weighted by molar-refractivity contribution is 14.1. The Hall–Kier alpha value is -4.55. The Balaban J connectivity index is 1.05. The molecule has 12 nitrogen and oxygen atoms in total. The second-order valence-corrected chi connectivity index (χ2v) is 11.8. The van der Waals surface area contributed by atoms with Crippen molar-refractivity contribution in [1.82, 2.24) is 21.0 Å². The Morgan fingerprint density at radius 1 is 0.957 bits per heavy atom. The maximum atomic E-state index is 14.6. The van der Waals surface area contributed by atoms with E-state index >= 15 is 0 Å². The molecule has 5 rings (SSSR count). The van der Waals surface area contributed by atoms with Gasteiger partial charge >= 0.3 is 0 Å². The summed E-state index contributed by atoms with van der Waals surface area (Å²) in [5, 5.41) is 10.9. The molecule has 3 aromatic carbocycles. The third-order valence-corrected chi connectivity index (χ3v) is 8.05. The van der Waals surface area contributed by atoms with E-state index in [1.54, 1.807) is 18.2 Å². The molecule has 16 heteroatoms. The van der Waals surface area contributed by atoms with Gasteiger partial charge in [-0.1, -0.05) is 6.07 Å². The van der Waals surface area contributed by atoms with E-state index in [9.17, 15) is 37.1 Å². The number of hydrogen-bond donors (Lipinski definition) is 5. The molecule has 0 aromatic heterocycles. The second kappa shape index (κ2) is 14.9. The first-order valence-corrected chi connectivity index (χ1v) is 15.6. The van der Waals surface area contributed by atoms with Gasteiger partial charge in [-0.05, 0) is 84.4 Å². The lowest BCUT2D eigenvalue weighted by atomic mass is 10.0. The minimum atomic E-state index is -1.35. The number of benzene rings is 3. The number of anilines is 3. The van der Waals surface area contributed by atoms with Crippen LogP contribution in [-0.4, -0.2) is 66.7 Å². The van der Waals surface area contributed by atoms with E-state index < -0.39 is 58.7 Å². The van der Waals surface area contributed by atoms with E-state index in [0.29, 0.717) is 35.3 Å².